The minimum absolute atomic E-state index is 0.0931. The first kappa shape index (κ1) is 21.1. The highest BCUT2D eigenvalue weighted by Gasteiger charge is 2.17. The van der Waals surface area contributed by atoms with Gasteiger partial charge in [0, 0.05) is 37.4 Å². The molecule has 0 spiro atoms. The van der Waals surface area contributed by atoms with Gasteiger partial charge in [-0.2, -0.15) is 0 Å². The van der Waals surface area contributed by atoms with Crippen LogP contribution in [0.15, 0.2) is 54.6 Å². The Bertz CT molecular complexity index is 748. The van der Waals surface area contributed by atoms with Crippen molar-refractivity contribution < 1.29 is 14.3 Å². The molecule has 0 aliphatic carbocycles. The fraction of sp³-hybridized carbons (Fsp3) is 0.435. The molecule has 0 radical (unpaired) electrons. The number of carbonyl (C=O) groups excluding carboxylic acids is 1. The Morgan fingerprint density at radius 2 is 1.83 bits per heavy atom. The molecule has 6 heteroatoms. The van der Waals surface area contributed by atoms with E-state index in [1.165, 1.54) is 0 Å². The number of nitrogens with zero attached hydrogens (tertiary/aromatic N) is 2. The van der Waals surface area contributed by atoms with Gasteiger partial charge < -0.3 is 19.7 Å². The van der Waals surface area contributed by atoms with E-state index in [1.54, 1.807) is 0 Å². The SMILES string of the molecule is CCOc1ccccc1CN(CCCN1CCOCC1)C(=O)Nc1ccccc1. The molecule has 0 aromatic heterocycles. The van der Waals surface area contributed by atoms with Gasteiger partial charge in [0.1, 0.15) is 5.75 Å². The van der Waals surface area contributed by atoms with Crippen molar-refractivity contribution in [2.24, 2.45) is 0 Å². The lowest BCUT2D eigenvalue weighted by molar-refractivity contribution is 0.0365. The molecule has 0 saturated carbocycles. The third-order valence-corrected chi connectivity index (χ3v) is 4.95. The average Bonchev–Trinajstić information content (AvgIpc) is 2.76. The lowest BCUT2D eigenvalue weighted by Crippen LogP contribution is -2.40. The minimum atomic E-state index is -0.0931. The standard InChI is InChI=1S/C23H31N3O3/c1-2-29-22-12-7-6-9-20(22)19-26(14-8-13-25-15-17-28-18-16-25)23(27)24-21-10-4-3-5-11-21/h3-7,9-12H,2,8,13-19H2,1H3,(H,24,27). The van der Waals surface area contributed by atoms with Crippen molar-refractivity contribution in [1.29, 1.82) is 0 Å². The van der Waals surface area contributed by atoms with Gasteiger partial charge in [0.2, 0.25) is 0 Å². The molecular weight excluding hydrogens is 366 g/mol. The minimum Gasteiger partial charge on any atom is -0.494 e. The maximum absolute atomic E-state index is 13.0. The van der Waals surface area contributed by atoms with Crippen LogP contribution in [0.4, 0.5) is 10.5 Å². The summed E-state index contributed by atoms with van der Waals surface area (Å²) < 4.78 is 11.2. The van der Waals surface area contributed by atoms with Crippen LogP contribution in [0.3, 0.4) is 0 Å². The van der Waals surface area contributed by atoms with Gasteiger partial charge >= 0.3 is 6.03 Å². The molecule has 1 aliphatic heterocycles. The fourth-order valence-electron chi connectivity index (χ4n) is 3.42. The van der Waals surface area contributed by atoms with Crippen LogP contribution < -0.4 is 10.1 Å². The summed E-state index contributed by atoms with van der Waals surface area (Å²) in [6.45, 7) is 8.23. The number of hydrogen-bond donors (Lipinski definition) is 1. The van der Waals surface area contributed by atoms with E-state index < -0.39 is 0 Å². The Morgan fingerprint density at radius 3 is 2.59 bits per heavy atom. The summed E-state index contributed by atoms with van der Waals surface area (Å²) in [5, 5.41) is 3.01. The van der Waals surface area contributed by atoms with Gasteiger partial charge in [-0.25, -0.2) is 4.79 Å². The van der Waals surface area contributed by atoms with Gasteiger partial charge in [-0.15, -0.1) is 0 Å². The number of para-hydroxylation sites is 2. The van der Waals surface area contributed by atoms with Crippen LogP contribution in [-0.2, 0) is 11.3 Å². The third-order valence-electron chi connectivity index (χ3n) is 4.95. The first-order chi connectivity index (χ1) is 14.3. The zero-order valence-corrected chi connectivity index (χ0v) is 17.2. The third kappa shape index (κ3) is 6.76. The van der Waals surface area contributed by atoms with Crippen LogP contribution in [0.2, 0.25) is 0 Å². The largest absolute Gasteiger partial charge is 0.494 e. The number of morpholine rings is 1. The topological polar surface area (TPSA) is 54.0 Å². The molecule has 29 heavy (non-hydrogen) atoms. The van der Waals surface area contributed by atoms with E-state index in [1.807, 2.05) is 66.4 Å². The maximum Gasteiger partial charge on any atom is 0.322 e. The predicted octanol–water partition coefficient (Wildman–Crippen LogP) is 3.84. The van der Waals surface area contributed by atoms with Crippen LogP contribution in [-0.4, -0.2) is 61.8 Å². The van der Waals surface area contributed by atoms with Gasteiger partial charge in [-0.05, 0) is 31.5 Å². The summed E-state index contributed by atoms with van der Waals surface area (Å²) >= 11 is 0. The predicted molar refractivity (Wildman–Crippen MR) is 115 cm³/mol. The van der Waals surface area contributed by atoms with Crippen molar-refractivity contribution in [3.05, 3.63) is 60.2 Å². The number of ether oxygens (including phenoxy) is 2. The van der Waals surface area contributed by atoms with Gasteiger partial charge in [-0.3, -0.25) is 4.90 Å². The first-order valence-electron chi connectivity index (χ1n) is 10.4. The van der Waals surface area contributed by atoms with Gasteiger partial charge in [0.05, 0.1) is 26.4 Å². The van der Waals surface area contributed by atoms with E-state index >= 15 is 0 Å². The molecule has 2 aromatic rings. The van der Waals surface area contributed by atoms with Gasteiger partial charge in [-0.1, -0.05) is 36.4 Å². The Labute approximate surface area is 173 Å². The highest BCUT2D eigenvalue weighted by molar-refractivity contribution is 5.89. The van der Waals surface area contributed by atoms with E-state index in [4.69, 9.17) is 9.47 Å². The molecule has 2 aromatic carbocycles. The molecule has 0 bridgehead atoms. The van der Waals surface area contributed by atoms with Gasteiger partial charge in [0.25, 0.3) is 0 Å². The lowest BCUT2D eigenvalue weighted by atomic mass is 10.2. The summed E-state index contributed by atoms with van der Waals surface area (Å²) in [7, 11) is 0. The summed E-state index contributed by atoms with van der Waals surface area (Å²) in [5.74, 6) is 0.834. The number of carbonyl (C=O) groups is 1. The molecule has 3 rings (SSSR count). The number of amides is 2. The summed E-state index contributed by atoms with van der Waals surface area (Å²) in [4.78, 5) is 17.3. The zero-order valence-electron chi connectivity index (χ0n) is 17.2. The van der Waals surface area contributed by atoms with E-state index in [0.717, 1.165) is 56.3 Å². The Morgan fingerprint density at radius 1 is 1.10 bits per heavy atom. The average molecular weight is 398 g/mol. The second-order valence-corrected chi connectivity index (χ2v) is 7.07. The molecule has 1 fully saturated rings. The Balaban J connectivity index is 1.65. The highest BCUT2D eigenvalue weighted by atomic mass is 16.5. The van der Waals surface area contributed by atoms with Crippen molar-refractivity contribution in [3.63, 3.8) is 0 Å². The van der Waals surface area contributed by atoms with Crippen LogP contribution in [0.25, 0.3) is 0 Å². The number of urea groups is 1. The lowest BCUT2D eigenvalue weighted by Gasteiger charge is -2.28. The van der Waals surface area contributed by atoms with E-state index in [0.29, 0.717) is 19.7 Å². The number of benzene rings is 2. The van der Waals surface area contributed by atoms with Crippen molar-refractivity contribution >= 4 is 11.7 Å². The fourth-order valence-corrected chi connectivity index (χ4v) is 3.42. The molecule has 6 nitrogen and oxygen atoms in total. The van der Waals surface area contributed by atoms with Crippen LogP contribution in [0, 0.1) is 0 Å². The molecule has 1 saturated heterocycles. The second kappa shape index (κ2) is 11.4. The first-order valence-corrected chi connectivity index (χ1v) is 10.4. The maximum atomic E-state index is 13.0. The normalized spacial score (nSPS) is 14.4. The Kier molecular flexibility index (Phi) is 8.34. The number of rotatable bonds is 9. The van der Waals surface area contributed by atoms with Gasteiger partial charge in [0.15, 0.2) is 0 Å². The number of anilines is 1. The monoisotopic (exact) mass is 397 g/mol. The molecule has 2 amide bonds. The molecule has 1 heterocycles. The smallest absolute Gasteiger partial charge is 0.322 e. The summed E-state index contributed by atoms with van der Waals surface area (Å²) in [6.07, 6.45) is 0.916. The highest BCUT2D eigenvalue weighted by Crippen LogP contribution is 2.21. The molecule has 0 atom stereocenters. The zero-order chi connectivity index (χ0) is 20.3. The van der Waals surface area contributed by atoms with Crippen LogP contribution in [0.1, 0.15) is 18.9 Å². The molecular formula is C23H31N3O3. The van der Waals surface area contributed by atoms with E-state index in [9.17, 15) is 4.79 Å². The quantitative estimate of drug-likeness (QED) is 0.698. The molecule has 1 N–H and O–H groups in total. The molecule has 156 valence electrons. The number of nitrogens with one attached hydrogen (secondary N) is 1. The second-order valence-electron chi connectivity index (χ2n) is 7.07. The van der Waals surface area contributed by atoms with Crippen molar-refractivity contribution in [1.82, 2.24) is 9.80 Å². The number of hydrogen-bond acceptors (Lipinski definition) is 4. The summed E-state index contributed by atoms with van der Waals surface area (Å²) in [6, 6.07) is 17.4. The van der Waals surface area contributed by atoms with Crippen LogP contribution >= 0.6 is 0 Å². The van der Waals surface area contributed by atoms with E-state index in [2.05, 4.69) is 10.2 Å². The van der Waals surface area contributed by atoms with Crippen molar-refractivity contribution in [2.45, 2.75) is 19.9 Å². The van der Waals surface area contributed by atoms with E-state index in [-0.39, 0.29) is 6.03 Å². The Hall–Kier alpha value is -2.57. The summed E-state index contributed by atoms with van der Waals surface area (Å²) in [5.41, 5.74) is 1.82. The van der Waals surface area contributed by atoms with Crippen LogP contribution in [0.5, 0.6) is 5.75 Å². The molecule has 0 unspecified atom stereocenters. The van der Waals surface area contributed by atoms with Crippen molar-refractivity contribution in [3.8, 4) is 5.75 Å². The van der Waals surface area contributed by atoms with Crippen molar-refractivity contribution in [2.75, 3.05) is 51.3 Å². The molecule has 1 aliphatic rings.